The SMILES string of the molecule is Cc1nc(NC(=O)CN2CCCC(C(=O)Nc3ccc(CC(=O)O)cc3)C2)sc1C. The van der Waals surface area contributed by atoms with Gasteiger partial charge >= 0.3 is 5.97 Å². The molecule has 0 saturated carbocycles. The highest BCUT2D eigenvalue weighted by Crippen LogP contribution is 2.22. The molecule has 1 aliphatic rings. The zero-order chi connectivity index (χ0) is 21.7. The van der Waals surface area contributed by atoms with Crippen LogP contribution in [-0.4, -0.2) is 52.4 Å². The summed E-state index contributed by atoms with van der Waals surface area (Å²) in [5.74, 6) is -1.30. The van der Waals surface area contributed by atoms with E-state index in [2.05, 4.69) is 15.6 Å². The van der Waals surface area contributed by atoms with E-state index in [9.17, 15) is 14.4 Å². The Bertz CT molecular complexity index is 906. The van der Waals surface area contributed by atoms with Crippen LogP contribution in [0.15, 0.2) is 24.3 Å². The van der Waals surface area contributed by atoms with Crippen molar-refractivity contribution in [2.24, 2.45) is 5.92 Å². The number of aromatic nitrogens is 1. The van der Waals surface area contributed by atoms with Crippen LogP contribution in [0, 0.1) is 19.8 Å². The average molecular weight is 431 g/mol. The summed E-state index contributed by atoms with van der Waals surface area (Å²) in [6, 6.07) is 6.82. The van der Waals surface area contributed by atoms with Crippen LogP contribution in [0.3, 0.4) is 0 Å². The maximum atomic E-state index is 12.7. The van der Waals surface area contributed by atoms with Crippen molar-refractivity contribution in [3.8, 4) is 0 Å². The number of carboxylic acids is 1. The second-order valence-electron chi connectivity index (χ2n) is 7.54. The number of likely N-dealkylation sites (tertiary alicyclic amines) is 1. The van der Waals surface area contributed by atoms with Gasteiger partial charge in [0.15, 0.2) is 5.13 Å². The first-order valence-corrected chi connectivity index (χ1v) is 10.7. The second kappa shape index (κ2) is 9.82. The molecule has 1 saturated heterocycles. The Morgan fingerprint density at radius 3 is 2.57 bits per heavy atom. The standard InChI is InChI=1S/C21H26N4O4S/c1-13-14(2)30-21(22-13)24-18(26)12-25-9-3-4-16(11-25)20(29)23-17-7-5-15(6-8-17)10-19(27)28/h5-8,16H,3-4,9-12H2,1-2H3,(H,23,29)(H,27,28)(H,22,24,26). The van der Waals surface area contributed by atoms with Crippen LogP contribution in [-0.2, 0) is 20.8 Å². The quantitative estimate of drug-likeness (QED) is 0.623. The molecule has 9 heteroatoms. The van der Waals surface area contributed by atoms with E-state index in [-0.39, 0.29) is 30.7 Å². The van der Waals surface area contributed by atoms with E-state index in [1.165, 1.54) is 11.3 Å². The highest BCUT2D eigenvalue weighted by atomic mass is 32.1. The predicted molar refractivity (Wildman–Crippen MR) is 116 cm³/mol. The molecule has 2 amide bonds. The van der Waals surface area contributed by atoms with Crippen molar-refractivity contribution in [3.05, 3.63) is 40.4 Å². The van der Waals surface area contributed by atoms with Crippen LogP contribution in [0.25, 0.3) is 0 Å². The summed E-state index contributed by atoms with van der Waals surface area (Å²) in [6.07, 6.45) is 1.57. The molecule has 1 fully saturated rings. The molecule has 1 aliphatic heterocycles. The molecular weight excluding hydrogens is 404 g/mol. The molecule has 30 heavy (non-hydrogen) atoms. The highest BCUT2D eigenvalue weighted by molar-refractivity contribution is 7.15. The Balaban J connectivity index is 1.50. The number of hydrogen-bond acceptors (Lipinski definition) is 6. The Labute approximate surface area is 179 Å². The van der Waals surface area contributed by atoms with Gasteiger partial charge in [-0.05, 0) is 50.9 Å². The fraction of sp³-hybridized carbons (Fsp3) is 0.429. The van der Waals surface area contributed by atoms with Gasteiger partial charge in [-0.1, -0.05) is 12.1 Å². The minimum Gasteiger partial charge on any atom is -0.481 e. The normalized spacial score (nSPS) is 16.8. The van der Waals surface area contributed by atoms with Gasteiger partial charge in [0.25, 0.3) is 0 Å². The molecule has 8 nitrogen and oxygen atoms in total. The van der Waals surface area contributed by atoms with Crippen LogP contribution in [0.5, 0.6) is 0 Å². The van der Waals surface area contributed by atoms with E-state index in [0.717, 1.165) is 30.0 Å². The van der Waals surface area contributed by atoms with Gasteiger partial charge in [-0.25, -0.2) is 4.98 Å². The van der Waals surface area contributed by atoms with Gasteiger partial charge in [-0.2, -0.15) is 0 Å². The van der Waals surface area contributed by atoms with Crippen molar-refractivity contribution in [2.75, 3.05) is 30.3 Å². The first kappa shape index (κ1) is 21.9. The summed E-state index contributed by atoms with van der Waals surface area (Å²) < 4.78 is 0. The van der Waals surface area contributed by atoms with Gasteiger partial charge in [-0.3, -0.25) is 19.3 Å². The van der Waals surface area contributed by atoms with Crippen molar-refractivity contribution in [2.45, 2.75) is 33.1 Å². The van der Waals surface area contributed by atoms with Gasteiger partial charge < -0.3 is 15.7 Å². The fourth-order valence-electron chi connectivity index (χ4n) is 3.43. The number of thiazole rings is 1. The molecule has 0 spiro atoms. The van der Waals surface area contributed by atoms with E-state index in [1.807, 2.05) is 18.7 Å². The monoisotopic (exact) mass is 430 g/mol. The number of amides is 2. The maximum Gasteiger partial charge on any atom is 0.307 e. The van der Waals surface area contributed by atoms with Crippen molar-refractivity contribution in [1.29, 1.82) is 0 Å². The molecule has 1 atom stereocenters. The molecular formula is C21H26N4O4S. The highest BCUT2D eigenvalue weighted by Gasteiger charge is 2.27. The van der Waals surface area contributed by atoms with Crippen molar-refractivity contribution in [1.82, 2.24) is 9.88 Å². The molecule has 0 radical (unpaired) electrons. The summed E-state index contributed by atoms with van der Waals surface area (Å²) in [6.45, 7) is 5.40. The molecule has 160 valence electrons. The number of aliphatic carboxylic acids is 1. The molecule has 1 aromatic heterocycles. The third-order valence-electron chi connectivity index (χ3n) is 5.10. The number of anilines is 2. The summed E-state index contributed by atoms with van der Waals surface area (Å²) in [4.78, 5) is 43.2. The predicted octanol–water partition coefficient (Wildman–Crippen LogP) is 2.68. The molecule has 3 N–H and O–H groups in total. The van der Waals surface area contributed by atoms with Crippen LogP contribution in [0.2, 0.25) is 0 Å². The topological polar surface area (TPSA) is 112 Å². The lowest BCUT2D eigenvalue weighted by Gasteiger charge is -2.31. The van der Waals surface area contributed by atoms with Gasteiger partial charge in [0.05, 0.1) is 24.6 Å². The molecule has 1 aromatic carbocycles. The lowest BCUT2D eigenvalue weighted by molar-refractivity contribution is -0.136. The van der Waals surface area contributed by atoms with Crippen LogP contribution in [0.4, 0.5) is 10.8 Å². The number of carboxylic acid groups (broad SMARTS) is 1. The van der Waals surface area contributed by atoms with Crippen LogP contribution in [0.1, 0.15) is 29.0 Å². The van der Waals surface area contributed by atoms with E-state index >= 15 is 0 Å². The summed E-state index contributed by atoms with van der Waals surface area (Å²) >= 11 is 1.46. The number of benzene rings is 1. The number of hydrogen-bond donors (Lipinski definition) is 3. The number of nitrogens with one attached hydrogen (secondary N) is 2. The molecule has 1 unspecified atom stereocenters. The molecule has 0 aliphatic carbocycles. The van der Waals surface area contributed by atoms with Crippen molar-refractivity contribution < 1.29 is 19.5 Å². The first-order chi connectivity index (χ1) is 14.3. The summed E-state index contributed by atoms with van der Waals surface area (Å²) in [7, 11) is 0. The van der Waals surface area contributed by atoms with E-state index in [1.54, 1.807) is 24.3 Å². The van der Waals surface area contributed by atoms with E-state index in [4.69, 9.17) is 5.11 Å². The molecule has 3 rings (SSSR count). The van der Waals surface area contributed by atoms with Crippen LogP contribution < -0.4 is 10.6 Å². The lowest BCUT2D eigenvalue weighted by Crippen LogP contribution is -2.43. The number of rotatable bonds is 7. The number of piperidine rings is 1. The molecule has 2 heterocycles. The van der Waals surface area contributed by atoms with E-state index < -0.39 is 5.97 Å². The van der Waals surface area contributed by atoms with Crippen molar-refractivity contribution in [3.63, 3.8) is 0 Å². The van der Waals surface area contributed by atoms with Gasteiger partial charge in [-0.15, -0.1) is 11.3 Å². The van der Waals surface area contributed by atoms with E-state index in [0.29, 0.717) is 22.9 Å². The Morgan fingerprint density at radius 2 is 1.93 bits per heavy atom. The number of nitrogens with zero attached hydrogens (tertiary/aromatic N) is 2. The second-order valence-corrected chi connectivity index (χ2v) is 8.74. The molecule has 2 aromatic rings. The number of carbonyl (C=O) groups excluding carboxylic acids is 2. The summed E-state index contributed by atoms with van der Waals surface area (Å²) in [5.41, 5.74) is 2.24. The Hall–Kier alpha value is -2.78. The van der Waals surface area contributed by atoms with Crippen LogP contribution >= 0.6 is 11.3 Å². The third-order valence-corrected chi connectivity index (χ3v) is 6.08. The van der Waals surface area contributed by atoms with Gasteiger partial charge in [0.2, 0.25) is 11.8 Å². The Kier molecular flexibility index (Phi) is 7.17. The molecule has 0 bridgehead atoms. The van der Waals surface area contributed by atoms with Crippen molar-refractivity contribution >= 4 is 39.9 Å². The smallest absolute Gasteiger partial charge is 0.307 e. The maximum absolute atomic E-state index is 12.7. The Morgan fingerprint density at radius 1 is 1.20 bits per heavy atom. The minimum absolute atomic E-state index is 0.0476. The summed E-state index contributed by atoms with van der Waals surface area (Å²) in [5, 5.41) is 15.2. The third kappa shape index (κ3) is 6.11. The van der Waals surface area contributed by atoms with Gasteiger partial charge in [0.1, 0.15) is 0 Å². The average Bonchev–Trinajstić information content (AvgIpc) is 3.00. The largest absolute Gasteiger partial charge is 0.481 e. The number of aryl methyl sites for hydroxylation is 2. The zero-order valence-electron chi connectivity index (χ0n) is 17.1. The number of carbonyl (C=O) groups is 3. The minimum atomic E-state index is -0.891. The first-order valence-electron chi connectivity index (χ1n) is 9.88. The van der Waals surface area contributed by atoms with Gasteiger partial charge in [0, 0.05) is 17.1 Å². The lowest BCUT2D eigenvalue weighted by atomic mass is 9.97. The zero-order valence-corrected chi connectivity index (χ0v) is 17.9. The fourth-order valence-corrected chi connectivity index (χ4v) is 4.26.